The minimum absolute atomic E-state index is 0.122. The van der Waals surface area contributed by atoms with Crippen LogP contribution in [0.15, 0.2) is 34.7 Å². The Morgan fingerprint density at radius 3 is 3.08 bits per heavy atom. The summed E-state index contributed by atoms with van der Waals surface area (Å²) >= 11 is 1.55. The van der Waals surface area contributed by atoms with Crippen LogP contribution in [0.4, 0.5) is 0 Å². The van der Waals surface area contributed by atoms with Crippen LogP contribution in [-0.4, -0.2) is 45.1 Å². The van der Waals surface area contributed by atoms with Crippen molar-refractivity contribution in [1.82, 2.24) is 24.7 Å². The Hall–Kier alpha value is -2.52. The molecule has 0 saturated heterocycles. The van der Waals surface area contributed by atoms with E-state index in [2.05, 4.69) is 15.5 Å². The Morgan fingerprint density at radius 2 is 2.32 bits per heavy atom. The van der Waals surface area contributed by atoms with Crippen molar-refractivity contribution < 1.29 is 9.53 Å². The number of hydrogen-bond acceptors (Lipinski definition) is 6. The van der Waals surface area contributed by atoms with Gasteiger partial charge in [0.05, 0.1) is 4.88 Å². The summed E-state index contributed by atoms with van der Waals surface area (Å²) < 4.78 is 7.79. The highest BCUT2D eigenvalue weighted by atomic mass is 32.1. The van der Waals surface area contributed by atoms with Gasteiger partial charge in [0.1, 0.15) is 24.1 Å². The molecule has 3 aromatic rings. The fourth-order valence-corrected chi connectivity index (χ4v) is 3.02. The lowest BCUT2D eigenvalue weighted by atomic mass is 10.3. The molecule has 8 nitrogen and oxygen atoms in total. The Kier molecular flexibility index (Phi) is 5.56. The van der Waals surface area contributed by atoms with Crippen molar-refractivity contribution in [2.24, 2.45) is 0 Å². The van der Waals surface area contributed by atoms with E-state index in [0.717, 1.165) is 16.0 Å². The van der Waals surface area contributed by atoms with Crippen molar-refractivity contribution in [3.8, 4) is 10.6 Å². The van der Waals surface area contributed by atoms with Crippen LogP contribution >= 0.6 is 11.3 Å². The van der Waals surface area contributed by atoms with Gasteiger partial charge in [0.15, 0.2) is 0 Å². The largest absolute Gasteiger partial charge is 0.382 e. The maximum absolute atomic E-state index is 12.5. The van der Waals surface area contributed by atoms with E-state index < -0.39 is 0 Å². The normalized spacial score (nSPS) is 11.1. The molecule has 9 heteroatoms. The molecule has 25 heavy (non-hydrogen) atoms. The molecule has 0 unspecified atom stereocenters. The molecule has 3 aromatic heterocycles. The average Bonchev–Trinajstić information content (AvgIpc) is 3.26. The van der Waals surface area contributed by atoms with Gasteiger partial charge < -0.3 is 10.1 Å². The van der Waals surface area contributed by atoms with Crippen LogP contribution in [0.3, 0.4) is 0 Å². The first kappa shape index (κ1) is 17.3. The monoisotopic (exact) mass is 361 g/mol. The summed E-state index contributed by atoms with van der Waals surface area (Å²) in [5.74, 6) is -0.256. The molecule has 0 radical (unpaired) electrons. The molecule has 0 aliphatic rings. The highest BCUT2D eigenvalue weighted by molar-refractivity contribution is 7.13. The zero-order valence-electron chi connectivity index (χ0n) is 13.8. The van der Waals surface area contributed by atoms with Crippen molar-refractivity contribution in [3.63, 3.8) is 0 Å². The van der Waals surface area contributed by atoms with E-state index in [0.29, 0.717) is 31.0 Å². The molecular formula is C16H19N5O3S. The lowest BCUT2D eigenvalue weighted by Crippen LogP contribution is -2.34. The van der Waals surface area contributed by atoms with Gasteiger partial charge in [0.2, 0.25) is 5.91 Å². The zero-order chi connectivity index (χ0) is 17.6. The molecule has 3 heterocycles. The first-order chi connectivity index (χ1) is 12.2. The molecule has 132 valence electrons. The molecule has 0 fully saturated rings. The van der Waals surface area contributed by atoms with Gasteiger partial charge in [-0.15, -0.1) is 11.3 Å². The molecule has 0 atom stereocenters. The summed E-state index contributed by atoms with van der Waals surface area (Å²) in [4.78, 5) is 25.4. The summed E-state index contributed by atoms with van der Waals surface area (Å²) in [6.45, 7) is 3.57. The van der Waals surface area contributed by atoms with E-state index in [1.165, 1.54) is 10.8 Å². The standard InChI is InChI=1S/C16H19N5O3S/c1-2-24-7-4-6-17-15(22)10-20-16(23)13-9-12(14-5-3-8-25-14)19-21(13)11-18-20/h3,5,8-9,11H,2,4,6-7,10H2,1H3,(H,17,22). The average molecular weight is 361 g/mol. The first-order valence-electron chi connectivity index (χ1n) is 8.03. The quantitative estimate of drug-likeness (QED) is 0.608. The van der Waals surface area contributed by atoms with Gasteiger partial charge in [-0.1, -0.05) is 6.07 Å². The molecule has 1 amide bonds. The Morgan fingerprint density at radius 1 is 1.44 bits per heavy atom. The van der Waals surface area contributed by atoms with E-state index in [4.69, 9.17) is 4.74 Å². The van der Waals surface area contributed by atoms with Crippen LogP contribution in [-0.2, 0) is 16.1 Å². The number of nitrogens with zero attached hydrogens (tertiary/aromatic N) is 4. The molecule has 3 rings (SSSR count). The lowest BCUT2D eigenvalue weighted by molar-refractivity contribution is -0.121. The second-order valence-corrected chi connectivity index (χ2v) is 6.28. The minimum atomic E-state index is -0.345. The van der Waals surface area contributed by atoms with Crippen LogP contribution in [0.1, 0.15) is 13.3 Å². The molecule has 0 spiro atoms. The number of amides is 1. The first-order valence-corrected chi connectivity index (χ1v) is 8.91. The smallest absolute Gasteiger partial charge is 0.293 e. The van der Waals surface area contributed by atoms with E-state index in [-0.39, 0.29) is 18.0 Å². The molecular weight excluding hydrogens is 342 g/mol. The topological polar surface area (TPSA) is 90.5 Å². The van der Waals surface area contributed by atoms with Crippen LogP contribution in [0.25, 0.3) is 16.1 Å². The number of fused-ring (bicyclic) bond motifs is 1. The van der Waals surface area contributed by atoms with E-state index >= 15 is 0 Å². The number of hydrogen-bond donors (Lipinski definition) is 1. The molecule has 0 aliphatic carbocycles. The van der Waals surface area contributed by atoms with Crippen LogP contribution in [0.2, 0.25) is 0 Å². The van der Waals surface area contributed by atoms with Crippen molar-refractivity contribution in [3.05, 3.63) is 40.3 Å². The van der Waals surface area contributed by atoms with Gasteiger partial charge in [-0.3, -0.25) is 9.59 Å². The van der Waals surface area contributed by atoms with Crippen LogP contribution < -0.4 is 10.9 Å². The summed E-state index contributed by atoms with van der Waals surface area (Å²) in [5, 5.41) is 13.1. The van der Waals surface area contributed by atoms with Gasteiger partial charge in [0, 0.05) is 19.8 Å². The number of aromatic nitrogens is 4. The van der Waals surface area contributed by atoms with E-state index in [1.807, 2.05) is 24.4 Å². The highest BCUT2D eigenvalue weighted by Gasteiger charge is 2.12. The number of ether oxygens (including phenoxy) is 1. The van der Waals surface area contributed by atoms with Gasteiger partial charge in [-0.2, -0.15) is 10.2 Å². The summed E-state index contributed by atoms with van der Waals surface area (Å²) in [6.07, 6.45) is 2.17. The number of rotatable bonds is 8. The second kappa shape index (κ2) is 8.04. The van der Waals surface area contributed by atoms with Crippen molar-refractivity contribution in [1.29, 1.82) is 0 Å². The molecule has 0 aromatic carbocycles. The number of nitrogens with one attached hydrogen (secondary N) is 1. The molecule has 0 aliphatic heterocycles. The van der Waals surface area contributed by atoms with Crippen LogP contribution in [0.5, 0.6) is 0 Å². The molecule has 0 bridgehead atoms. The predicted molar refractivity (Wildman–Crippen MR) is 94.7 cm³/mol. The van der Waals surface area contributed by atoms with Crippen molar-refractivity contribution in [2.75, 3.05) is 19.8 Å². The zero-order valence-corrected chi connectivity index (χ0v) is 14.7. The molecule has 0 saturated carbocycles. The van der Waals surface area contributed by atoms with Gasteiger partial charge in [-0.25, -0.2) is 9.20 Å². The molecule has 1 N–H and O–H groups in total. The van der Waals surface area contributed by atoms with Gasteiger partial charge >= 0.3 is 0 Å². The predicted octanol–water partition coefficient (Wildman–Crippen LogP) is 1.16. The number of thiophene rings is 1. The van der Waals surface area contributed by atoms with Crippen molar-refractivity contribution >= 4 is 22.8 Å². The van der Waals surface area contributed by atoms with Gasteiger partial charge in [0.25, 0.3) is 5.56 Å². The Labute approximate surface area is 148 Å². The second-order valence-electron chi connectivity index (χ2n) is 5.33. The SMILES string of the molecule is CCOCCCNC(=O)Cn1ncn2nc(-c3cccs3)cc2c1=O. The number of carbonyl (C=O) groups excluding carboxylic acids is 1. The minimum Gasteiger partial charge on any atom is -0.382 e. The van der Waals surface area contributed by atoms with Crippen LogP contribution in [0, 0.1) is 0 Å². The van der Waals surface area contributed by atoms with E-state index in [9.17, 15) is 9.59 Å². The fraction of sp³-hybridized carbons (Fsp3) is 0.375. The highest BCUT2D eigenvalue weighted by Crippen LogP contribution is 2.23. The maximum atomic E-state index is 12.5. The maximum Gasteiger partial charge on any atom is 0.293 e. The van der Waals surface area contributed by atoms with Crippen molar-refractivity contribution in [2.45, 2.75) is 19.9 Å². The fourth-order valence-electron chi connectivity index (χ4n) is 2.33. The third-order valence-electron chi connectivity index (χ3n) is 3.55. The summed E-state index contributed by atoms with van der Waals surface area (Å²) in [5.41, 5.74) is 0.761. The lowest BCUT2D eigenvalue weighted by Gasteiger charge is -2.06. The Bertz CT molecular complexity index is 900. The third kappa shape index (κ3) is 4.12. The van der Waals surface area contributed by atoms with E-state index in [1.54, 1.807) is 17.4 Å². The number of carbonyl (C=O) groups is 1. The van der Waals surface area contributed by atoms with Gasteiger partial charge in [-0.05, 0) is 30.9 Å². The Balaban J connectivity index is 1.69. The summed E-state index contributed by atoms with van der Waals surface area (Å²) in [7, 11) is 0. The third-order valence-corrected chi connectivity index (χ3v) is 4.44. The summed E-state index contributed by atoms with van der Waals surface area (Å²) in [6, 6.07) is 5.58.